The van der Waals surface area contributed by atoms with Crippen LogP contribution in [-0.4, -0.2) is 14.7 Å². The molecule has 0 unspecified atom stereocenters. The molecule has 1 N–H and O–H groups in total. The van der Waals surface area contributed by atoms with E-state index in [1.165, 1.54) is 0 Å². The first-order chi connectivity index (χ1) is 13.0. The van der Waals surface area contributed by atoms with Gasteiger partial charge in [0.25, 0.3) is 0 Å². The van der Waals surface area contributed by atoms with Crippen molar-refractivity contribution in [3.63, 3.8) is 0 Å². The summed E-state index contributed by atoms with van der Waals surface area (Å²) in [5, 5.41) is 28.4. The van der Waals surface area contributed by atoms with Crippen LogP contribution in [0, 0.1) is 36.5 Å². The van der Waals surface area contributed by atoms with Crippen LogP contribution in [0.4, 0.5) is 0 Å². The van der Waals surface area contributed by atoms with E-state index in [-0.39, 0.29) is 24.2 Å². The minimum atomic E-state index is -0.177. The maximum atomic E-state index is 9.71. The number of nitriles is 2. The van der Waals surface area contributed by atoms with Crippen LogP contribution in [0.15, 0.2) is 36.5 Å². The van der Waals surface area contributed by atoms with E-state index in [0.29, 0.717) is 23.2 Å². The van der Waals surface area contributed by atoms with E-state index in [1.807, 2.05) is 32.0 Å². The van der Waals surface area contributed by atoms with Crippen molar-refractivity contribution in [2.45, 2.75) is 27.0 Å². The van der Waals surface area contributed by atoms with Crippen molar-refractivity contribution >= 4 is 24.0 Å². The molecule has 0 amide bonds. The van der Waals surface area contributed by atoms with Gasteiger partial charge in [-0.1, -0.05) is 23.7 Å². The lowest BCUT2D eigenvalue weighted by Crippen LogP contribution is -2.05. The van der Waals surface area contributed by atoms with Crippen molar-refractivity contribution in [2.75, 3.05) is 0 Å². The number of hydrogen-bond acceptors (Lipinski definition) is 4. The van der Waals surface area contributed by atoms with Gasteiger partial charge in [-0.3, -0.25) is 0 Å². The van der Waals surface area contributed by atoms with Crippen LogP contribution in [0.3, 0.4) is 0 Å². The Morgan fingerprint density at radius 3 is 2.36 bits per heavy atom. The number of hydrogen-bond donors (Lipinski definition) is 1. The van der Waals surface area contributed by atoms with Crippen LogP contribution in [0.5, 0.6) is 0 Å². The zero-order valence-electron chi connectivity index (χ0n) is 15.4. The molecule has 3 rings (SSSR count). The molecule has 5 nitrogen and oxygen atoms in total. The molecule has 0 aliphatic rings. The molecule has 0 aliphatic carbocycles. The van der Waals surface area contributed by atoms with Gasteiger partial charge >= 0.3 is 0 Å². The molecule has 1 aromatic carbocycles. The first-order valence-electron chi connectivity index (χ1n) is 8.34. The van der Waals surface area contributed by atoms with Crippen molar-refractivity contribution in [2.24, 2.45) is 0 Å². The lowest BCUT2D eigenvalue weighted by molar-refractivity contribution is 0.281. The lowest BCUT2D eigenvalue weighted by atomic mass is 10.0. The minimum absolute atomic E-state index is 0. The maximum absolute atomic E-state index is 9.71. The van der Waals surface area contributed by atoms with Gasteiger partial charge in [0, 0.05) is 35.3 Å². The molecule has 0 radical (unpaired) electrons. The second-order valence-corrected chi connectivity index (χ2v) is 6.62. The number of aromatic nitrogens is 2. The van der Waals surface area contributed by atoms with Gasteiger partial charge in [-0.25, -0.2) is 4.98 Å². The Hall–Kier alpha value is -2.83. The predicted molar refractivity (Wildman–Crippen MR) is 110 cm³/mol. The van der Waals surface area contributed by atoms with E-state index < -0.39 is 0 Å². The largest absolute Gasteiger partial charge is 0.392 e. The van der Waals surface area contributed by atoms with Gasteiger partial charge in [-0.2, -0.15) is 10.5 Å². The van der Waals surface area contributed by atoms with Gasteiger partial charge in [-0.15, -0.1) is 12.4 Å². The van der Waals surface area contributed by atoms with Crippen LogP contribution in [0.25, 0.3) is 11.1 Å². The van der Waals surface area contributed by atoms with Gasteiger partial charge in [0.2, 0.25) is 0 Å². The molecular weight excluding hydrogens is 395 g/mol. The molecule has 2 aromatic heterocycles. The average Bonchev–Trinajstić information content (AvgIpc) is 2.93. The third-order valence-electron chi connectivity index (χ3n) is 4.68. The summed E-state index contributed by atoms with van der Waals surface area (Å²) in [6.07, 6.45) is 1.67. The summed E-state index contributed by atoms with van der Waals surface area (Å²) in [7, 11) is 0. The smallest absolute Gasteiger partial charge is 0.134 e. The number of aliphatic hydroxyl groups excluding tert-OH is 1. The molecule has 0 saturated carbocycles. The molecule has 3 aromatic rings. The van der Waals surface area contributed by atoms with Crippen molar-refractivity contribution in [3.8, 4) is 23.3 Å². The highest BCUT2D eigenvalue weighted by Crippen LogP contribution is 2.32. The molecule has 0 atom stereocenters. The summed E-state index contributed by atoms with van der Waals surface area (Å²) in [5.74, 6) is 0. The zero-order valence-corrected chi connectivity index (χ0v) is 17.0. The number of rotatable bonds is 4. The van der Waals surface area contributed by atoms with Crippen LogP contribution >= 0.6 is 24.0 Å². The number of halogens is 2. The van der Waals surface area contributed by atoms with Crippen molar-refractivity contribution in [3.05, 3.63) is 75.3 Å². The summed E-state index contributed by atoms with van der Waals surface area (Å²) < 4.78 is 2.05. The number of aliphatic hydroxyl groups is 1. The highest BCUT2D eigenvalue weighted by molar-refractivity contribution is 6.30. The molecular formula is C21H18Cl2N4O. The van der Waals surface area contributed by atoms with E-state index >= 15 is 0 Å². The summed E-state index contributed by atoms with van der Waals surface area (Å²) in [6, 6.07) is 13.5. The monoisotopic (exact) mass is 412 g/mol. The third-order valence-corrected chi connectivity index (χ3v) is 5.02. The number of benzene rings is 1. The number of nitrogens with zero attached hydrogens (tertiary/aromatic N) is 4. The summed E-state index contributed by atoms with van der Waals surface area (Å²) >= 11 is 5.97. The normalized spacial score (nSPS) is 10.1. The van der Waals surface area contributed by atoms with Crippen LogP contribution in [-0.2, 0) is 13.2 Å². The van der Waals surface area contributed by atoms with Gasteiger partial charge in [0.15, 0.2) is 0 Å². The van der Waals surface area contributed by atoms with E-state index in [4.69, 9.17) is 16.9 Å². The SMILES string of the molecule is Cc1c(C#N)c(-c2ccc(C#N)cc2)c(C)n1Cc1cnc(Cl)c(CO)c1.Cl. The van der Waals surface area contributed by atoms with Crippen molar-refractivity contribution in [1.82, 2.24) is 9.55 Å². The van der Waals surface area contributed by atoms with Crippen LogP contribution in [0.1, 0.15) is 33.6 Å². The fourth-order valence-electron chi connectivity index (χ4n) is 3.24. The fraction of sp³-hybridized carbons (Fsp3) is 0.190. The van der Waals surface area contributed by atoms with Crippen molar-refractivity contribution in [1.29, 1.82) is 10.5 Å². The standard InChI is InChI=1S/C21H17ClN4O.ClH/c1-13-19(9-24)20(17-5-3-15(8-23)4-6-17)14(2)26(13)11-16-7-18(12-27)21(22)25-10-16;/h3-7,10,27H,11-12H2,1-2H3;1H. The maximum Gasteiger partial charge on any atom is 0.134 e. The minimum Gasteiger partial charge on any atom is -0.392 e. The van der Waals surface area contributed by atoms with E-state index in [9.17, 15) is 10.4 Å². The Kier molecular flexibility index (Phi) is 6.83. The first kappa shape index (κ1) is 21.5. The molecule has 7 heteroatoms. The van der Waals surface area contributed by atoms with E-state index in [0.717, 1.165) is 28.1 Å². The summed E-state index contributed by atoms with van der Waals surface area (Å²) in [5.41, 5.74) is 6.23. The molecule has 0 bridgehead atoms. The highest BCUT2D eigenvalue weighted by Gasteiger charge is 2.19. The molecule has 28 heavy (non-hydrogen) atoms. The topological polar surface area (TPSA) is 85.6 Å². The van der Waals surface area contributed by atoms with Gasteiger partial charge in [0.05, 0.1) is 23.8 Å². The van der Waals surface area contributed by atoms with Crippen LogP contribution < -0.4 is 0 Å². The first-order valence-corrected chi connectivity index (χ1v) is 8.72. The van der Waals surface area contributed by atoms with Gasteiger partial charge in [0.1, 0.15) is 11.2 Å². The molecule has 0 spiro atoms. The van der Waals surface area contributed by atoms with Crippen molar-refractivity contribution < 1.29 is 5.11 Å². The molecule has 142 valence electrons. The molecule has 0 saturated heterocycles. The zero-order chi connectivity index (χ0) is 19.6. The summed E-state index contributed by atoms with van der Waals surface area (Å²) in [4.78, 5) is 4.13. The van der Waals surface area contributed by atoms with Gasteiger partial charge < -0.3 is 9.67 Å². The second kappa shape index (κ2) is 8.91. The van der Waals surface area contributed by atoms with E-state index in [2.05, 4.69) is 21.7 Å². The molecule has 2 heterocycles. The van der Waals surface area contributed by atoms with E-state index in [1.54, 1.807) is 18.3 Å². The number of pyridine rings is 1. The Morgan fingerprint density at radius 2 is 1.79 bits per heavy atom. The molecule has 0 fully saturated rings. The second-order valence-electron chi connectivity index (χ2n) is 6.26. The Balaban J connectivity index is 0.00000280. The Morgan fingerprint density at radius 1 is 1.11 bits per heavy atom. The fourth-order valence-corrected chi connectivity index (χ4v) is 3.41. The third kappa shape index (κ3) is 3.88. The van der Waals surface area contributed by atoms with Crippen LogP contribution in [0.2, 0.25) is 5.15 Å². The van der Waals surface area contributed by atoms with Gasteiger partial charge in [-0.05, 0) is 43.2 Å². The Bertz CT molecular complexity index is 1090. The lowest BCUT2D eigenvalue weighted by Gasteiger charge is -2.11. The predicted octanol–water partition coefficient (Wildman–Crippen LogP) is 4.53. The quantitative estimate of drug-likeness (QED) is 0.637. The molecule has 0 aliphatic heterocycles. The Labute approximate surface area is 174 Å². The average molecular weight is 413 g/mol. The summed E-state index contributed by atoms with van der Waals surface area (Å²) in [6.45, 7) is 4.22. The highest BCUT2D eigenvalue weighted by atomic mass is 35.5.